The summed E-state index contributed by atoms with van der Waals surface area (Å²) >= 11 is 0. The molecule has 2 aromatic rings. The fraction of sp³-hybridized carbons (Fsp3) is 0.400. The minimum Gasteiger partial charge on any atom is -0.496 e. The fourth-order valence-corrected chi connectivity index (χ4v) is 2.53. The van der Waals surface area contributed by atoms with Crippen LogP contribution in [0.25, 0.3) is 0 Å². The van der Waals surface area contributed by atoms with Gasteiger partial charge >= 0.3 is 6.03 Å². The lowest BCUT2D eigenvalue weighted by atomic mass is 10.3. The number of urea groups is 1. The quantitative estimate of drug-likeness (QED) is 0.662. The lowest BCUT2D eigenvalue weighted by molar-refractivity contribution is 0.251. The molecule has 146 valence electrons. The van der Waals surface area contributed by atoms with Crippen LogP contribution in [0.15, 0.2) is 41.2 Å². The first-order valence-corrected chi connectivity index (χ1v) is 9.06. The lowest BCUT2D eigenvalue weighted by Crippen LogP contribution is -2.34. The van der Waals surface area contributed by atoms with Crippen LogP contribution in [0.4, 0.5) is 10.5 Å². The molecule has 7 nitrogen and oxygen atoms in total. The molecule has 0 atom stereocenters. The van der Waals surface area contributed by atoms with Gasteiger partial charge in [0.2, 0.25) is 0 Å². The number of hydrogen-bond donors (Lipinski definition) is 2. The Balaban J connectivity index is 1.80. The van der Waals surface area contributed by atoms with E-state index in [1.165, 1.54) is 13.2 Å². The molecule has 2 amide bonds. The Labute approximate surface area is 159 Å². The number of amides is 2. The van der Waals surface area contributed by atoms with Crippen LogP contribution < -0.4 is 25.7 Å². The maximum Gasteiger partial charge on any atom is 0.319 e. The number of benzene rings is 1. The molecule has 0 fully saturated rings. The van der Waals surface area contributed by atoms with Crippen LogP contribution in [0, 0.1) is 6.92 Å². The first kappa shape index (κ1) is 20.4. The van der Waals surface area contributed by atoms with E-state index in [0.29, 0.717) is 31.1 Å². The first-order valence-electron chi connectivity index (χ1n) is 9.06. The molecular formula is C20H27N3O4. The topological polar surface area (TPSA) is 81.6 Å². The second kappa shape index (κ2) is 10.3. The summed E-state index contributed by atoms with van der Waals surface area (Å²) < 4.78 is 12.3. The highest BCUT2D eigenvalue weighted by Crippen LogP contribution is 2.16. The number of nitrogens with zero attached hydrogens (tertiary/aromatic N) is 1. The molecule has 0 aliphatic heterocycles. The van der Waals surface area contributed by atoms with Gasteiger partial charge in [0.25, 0.3) is 5.56 Å². The summed E-state index contributed by atoms with van der Waals surface area (Å²) in [5.41, 5.74) is 1.29. The van der Waals surface area contributed by atoms with Gasteiger partial charge in [-0.15, -0.1) is 0 Å². The third kappa shape index (κ3) is 6.36. The maximum atomic E-state index is 12.1. The zero-order valence-corrected chi connectivity index (χ0v) is 16.1. The van der Waals surface area contributed by atoms with Gasteiger partial charge in [-0.3, -0.25) is 4.79 Å². The molecule has 27 heavy (non-hydrogen) atoms. The molecule has 0 radical (unpaired) electrons. The van der Waals surface area contributed by atoms with Crippen LogP contribution in [0.1, 0.15) is 25.5 Å². The summed E-state index contributed by atoms with van der Waals surface area (Å²) in [6, 6.07) is 10.1. The number of anilines is 1. The minimum absolute atomic E-state index is 0.160. The van der Waals surface area contributed by atoms with Crippen molar-refractivity contribution in [2.24, 2.45) is 0 Å². The van der Waals surface area contributed by atoms with Crippen molar-refractivity contribution in [3.05, 3.63) is 52.4 Å². The Morgan fingerprint density at radius 3 is 2.52 bits per heavy atom. The number of aryl methyl sites for hydroxylation is 1. The smallest absolute Gasteiger partial charge is 0.319 e. The van der Waals surface area contributed by atoms with Crippen molar-refractivity contribution in [1.29, 1.82) is 0 Å². The predicted molar refractivity (Wildman–Crippen MR) is 106 cm³/mol. The Kier molecular flexibility index (Phi) is 7.73. The van der Waals surface area contributed by atoms with Gasteiger partial charge in [0.1, 0.15) is 11.5 Å². The summed E-state index contributed by atoms with van der Waals surface area (Å²) in [7, 11) is 1.52. The number of unbranched alkanes of at least 4 members (excludes halogenated alkanes) is 1. The summed E-state index contributed by atoms with van der Waals surface area (Å²) in [5, 5.41) is 5.50. The van der Waals surface area contributed by atoms with Gasteiger partial charge in [0, 0.05) is 30.5 Å². The Hall–Kier alpha value is -2.96. The monoisotopic (exact) mass is 373 g/mol. The standard InChI is InChI=1S/C20H27N3O4/c1-4-5-12-27-17-8-6-16(7-9-17)22-20(25)21-10-11-23-15(2)13-18(26-3)14-19(23)24/h6-9,13-14H,4-5,10-12H2,1-3H3,(H2,21,22,25). The molecule has 2 N–H and O–H groups in total. The number of rotatable bonds is 9. The molecule has 0 saturated carbocycles. The number of carbonyl (C=O) groups is 1. The van der Waals surface area contributed by atoms with Crippen molar-refractivity contribution in [3.63, 3.8) is 0 Å². The van der Waals surface area contributed by atoms with Gasteiger partial charge in [-0.05, 0) is 43.7 Å². The number of hydrogen-bond acceptors (Lipinski definition) is 4. The molecule has 0 saturated heterocycles. The van der Waals surface area contributed by atoms with Crippen molar-refractivity contribution in [2.75, 3.05) is 25.6 Å². The fourth-order valence-electron chi connectivity index (χ4n) is 2.53. The molecule has 0 aliphatic rings. The molecule has 1 aromatic heterocycles. The second-order valence-corrected chi connectivity index (χ2v) is 6.13. The SMILES string of the molecule is CCCCOc1ccc(NC(=O)NCCn2c(C)cc(OC)cc2=O)cc1. The van der Waals surface area contributed by atoms with Gasteiger partial charge in [-0.1, -0.05) is 13.3 Å². The minimum atomic E-state index is -0.325. The third-order valence-corrected chi connectivity index (χ3v) is 4.04. The van der Waals surface area contributed by atoms with E-state index in [-0.39, 0.29) is 11.6 Å². The number of aromatic nitrogens is 1. The highest BCUT2D eigenvalue weighted by Gasteiger charge is 2.06. The average molecular weight is 373 g/mol. The zero-order chi connectivity index (χ0) is 19.6. The zero-order valence-electron chi connectivity index (χ0n) is 16.1. The molecule has 0 bridgehead atoms. The van der Waals surface area contributed by atoms with Crippen LogP contribution in [-0.2, 0) is 6.54 Å². The van der Waals surface area contributed by atoms with Crippen LogP contribution in [0.2, 0.25) is 0 Å². The first-order chi connectivity index (χ1) is 13.0. The lowest BCUT2D eigenvalue weighted by Gasteiger charge is -2.12. The number of ether oxygens (including phenoxy) is 2. The molecule has 0 unspecified atom stereocenters. The Morgan fingerprint density at radius 1 is 1.15 bits per heavy atom. The van der Waals surface area contributed by atoms with Crippen molar-refractivity contribution in [3.8, 4) is 11.5 Å². The van der Waals surface area contributed by atoms with E-state index in [2.05, 4.69) is 17.6 Å². The van der Waals surface area contributed by atoms with E-state index in [1.807, 2.05) is 19.1 Å². The van der Waals surface area contributed by atoms with Crippen molar-refractivity contribution in [1.82, 2.24) is 9.88 Å². The van der Waals surface area contributed by atoms with Gasteiger partial charge in [-0.2, -0.15) is 0 Å². The number of carbonyl (C=O) groups excluding carboxylic acids is 1. The second-order valence-electron chi connectivity index (χ2n) is 6.13. The average Bonchev–Trinajstić information content (AvgIpc) is 2.65. The number of nitrogens with one attached hydrogen (secondary N) is 2. The summed E-state index contributed by atoms with van der Waals surface area (Å²) in [5.74, 6) is 1.31. The highest BCUT2D eigenvalue weighted by atomic mass is 16.5. The third-order valence-electron chi connectivity index (χ3n) is 4.04. The van der Waals surface area contributed by atoms with Gasteiger partial charge in [0.05, 0.1) is 13.7 Å². The largest absolute Gasteiger partial charge is 0.496 e. The molecule has 7 heteroatoms. The predicted octanol–water partition coefficient (Wildman–Crippen LogP) is 3.17. The van der Waals surface area contributed by atoms with E-state index >= 15 is 0 Å². The maximum absolute atomic E-state index is 12.1. The van der Waals surface area contributed by atoms with Crippen LogP contribution >= 0.6 is 0 Å². The normalized spacial score (nSPS) is 10.3. The molecule has 0 spiro atoms. The van der Waals surface area contributed by atoms with E-state index in [4.69, 9.17) is 9.47 Å². The van der Waals surface area contributed by atoms with Crippen molar-refractivity contribution < 1.29 is 14.3 Å². The van der Waals surface area contributed by atoms with E-state index in [0.717, 1.165) is 24.3 Å². The van der Waals surface area contributed by atoms with E-state index in [1.54, 1.807) is 22.8 Å². The molecule has 0 aliphatic carbocycles. The summed E-state index contributed by atoms with van der Waals surface area (Å²) in [6.45, 7) is 5.34. The highest BCUT2D eigenvalue weighted by molar-refractivity contribution is 5.89. The van der Waals surface area contributed by atoms with E-state index in [9.17, 15) is 9.59 Å². The number of pyridine rings is 1. The molecular weight excluding hydrogens is 346 g/mol. The summed E-state index contributed by atoms with van der Waals surface area (Å²) in [4.78, 5) is 24.1. The molecule has 2 rings (SSSR count). The molecule has 1 heterocycles. The van der Waals surface area contributed by atoms with E-state index < -0.39 is 0 Å². The van der Waals surface area contributed by atoms with Crippen molar-refractivity contribution in [2.45, 2.75) is 33.2 Å². The van der Waals surface area contributed by atoms with Crippen LogP contribution in [0.3, 0.4) is 0 Å². The summed E-state index contributed by atoms with van der Waals surface area (Å²) in [6.07, 6.45) is 2.10. The van der Waals surface area contributed by atoms with Crippen LogP contribution in [0.5, 0.6) is 11.5 Å². The Morgan fingerprint density at radius 2 is 1.89 bits per heavy atom. The number of methoxy groups -OCH3 is 1. The van der Waals surface area contributed by atoms with Crippen molar-refractivity contribution >= 4 is 11.7 Å². The Bertz CT molecular complexity index is 800. The van der Waals surface area contributed by atoms with Gasteiger partial charge in [0.15, 0.2) is 0 Å². The van der Waals surface area contributed by atoms with Gasteiger partial charge in [-0.25, -0.2) is 4.79 Å². The van der Waals surface area contributed by atoms with Gasteiger partial charge < -0.3 is 24.7 Å². The van der Waals surface area contributed by atoms with Crippen LogP contribution in [-0.4, -0.2) is 30.9 Å². The molecule has 1 aromatic carbocycles.